The van der Waals surface area contributed by atoms with E-state index in [9.17, 15) is 13.5 Å². The van der Waals surface area contributed by atoms with Gasteiger partial charge in [0.1, 0.15) is 6.10 Å². The van der Waals surface area contributed by atoms with Gasteiger partial charge in [-0.2, -0.15) is 0 Å². The molecule has 1 atom stereocenters. The molecule has 2 heterocycles. The van der Waals surface area contributed by atoms with E-state index in [4.69, 9.17) is 0 Å². The fourth-order valence-corrected chi connectivity index (χ4v) is 5.21. The van der Waals surface area contributed by atoms with Crippen LogP contribution in [0.3, 0.4) is 0 Å². The lowest BCUT2D eigenvalue weighted by Crippen LogP contribution is -2.22. The normalized spacial score (nSPS) is 13.1. The lowest BCUT2D eigenvalue weighted by molar-refractivity contribution is 0.228. The summed E-state index contributed by atoms with van der Waals surface area (Å²) in [5.74, 6) is 0. The molecule has 4 nitrogen and oxygen atoms in total. The zero-order valence-electron chi connectivity index (χ0n) is 12.3. The maximum absolute atomic E-state index is 12.3. The summed E-state index contributed by atoms with van der Waals surface area (Å²) in [6.07, 6.45) is -0.660. The number of rotatable bonds is 6. The molecular weight excluding hydrogens is 430 g/mol. The van der Waals surface area contributed by atoms with Crippen LogP contribution in [0.15, 0.2) is 63.3 Å². The highest BCUT2D eigenvalue weighted by Gasteiger charge is 2.16. The molecule has 0 bridgehead atoms. The van der Waals surface area contributed by atoms with Gasteiger partial charge in [0.2, 0.25) is 10.0 Å². The van der Waals surface area contributed by atoms with Crippen molar-refractivity contribution in [3.05, 3.63) is 73.0 Å². The average molecular weight is 444 g/mol. The van der Waals surface area contributed by atoms with E-state index in [2.05, 4.69) is 20.7 Å². The molecule has 0 aliphatic carbocycles. The fraction of sp³-hybridized carbons (Fsp3) is 0.125. The van der Waals surface area contributed by atoms with Crippen molar-refractivity contribution in [3.8, 4) is 0 Å². The van der Waals surface area contributed by atoms with Crippen LogP contribution in [0.1, 0.15) is 20.7 Å². The van der Waals surface area contributed by atoms with Crippen molar-refractivity contribution < 1.29 is 13.5 Å². The second-order valence-corrected chi connectivity index (χ2v) is 9.86. The predicted octanol–water partition coefficient (Wildman–Crippen LogP) is 4.13. The van der Waals surface area contributed by atoms with Gasteiger partial charge in [-0.3, -0.25) is 0 Å². The van der Waals surface area contributed by atoms with Crippen LogP contribution < -0.4 is 4.72 Å². The molecule has 126 valence electrons. The highest BCUT2D eigenvalue weighted by molar-refractivity contribution is 9.10. The zero-order valence-corrected chi connectivity index (χ0v) is 16.4. The number of nitrogens with one attached hydrogen (secondary N) is 1. The third-order valence-electron chi connectivity index (χ3n) is 3.32. The number of thiophene rings is 2. The fourth-order valence-electron chi connectivity index (χ4n) is 2.09. The highest BCUT2D eigenvalue weighted by atomic mass is 79.9. The van der Waals surface area contributed by atoms with E-state index in [1.165, 1.54) is 22.7 Å². The molecule has 0 fully saturated rings. The van der Waals surface area contributed by atoms with Gasteiger partial charge in [0, 0.05) is 25.6 Å². The molecule has 1 aromatic carbocycles. The Hall–Kier alpha value is -1.03. The summed E-state index contributed by atoms with van der Waals surface area (Å²) < 4.78 is 28.0. The first-order chi connectivity index (χ1) is 11.5. The first kappa shape index (κ1) is 17.8. The van der Waals surface area contributed by atoms with Crippen LogP contribution in [0.5, 0.6) is 0 Å². The van der Waals surface area contributed by atoms with Crippen LogP contribution >= 0.6 is 38.6 Å². The second kappa shape index (κ2) is 7.47. The van der Waals surface area contributed by atoms with Crippen molar-refractivity contribution in [2.75, 3.05) is 0 Å². The molecule has 0 aliphatic heterocycles. The minimum atomic E-state index is -3.55. The molecule has 0 radical (unpaired) electrons. The first-order valence-electron chi connectivity index (χ1n) is 7.01. The molecule has 3 rings (SSSR count). The summed E-state index contributed by atoms with van der Waals surface area (Å²) in [6.45, 7) is 0.195. The largest absolute Gasteiger partial charge is 0.382 e. The number of aliphatic hydroxyl groups excluding tert-OH is 1. The molecule has 0 saturated carbocycles. The van der Waals surface area contributed by atoms with E-state index in [1.54, 1.807) is 24.3 Å². The smallest absolute Gasteiger partial charge is 0.240 e. The van der Waals surface area contributed by atoms with Gasteiger partial charge in [-0.1, -0.05) is 22.0 Å². The molecule has 0 saturated heterocycles. The third-order valence-corrected chi connectivity index (χ3v) is 7.33. The highest BCUT2D eigenvalue weighted by Crippen LogP contribution is 2.31. The van der Waals surface area contributed by atoms with Gasteiger partial charge in [-0.25, -0.2) is 13.1 Å². The van der Waals surface area contributed by atoms with E-state index in [-0.39, 0.29) is 11.4 Å². The molecular formula is C16H14BrNO3S3. The molecule has 8 heteroatoms. The lowest BCUT2D eigenvalue weighted by Gasteiger charge is -2.06. The van der Waals surface area contributed by atoms with Crippen molar-refractivity contribution in [2.24, 2.45) is 0 Å². The Morgan fingerprint density at radius 2 is 1.83 bits per heavy atom. The Balaban J connectivity index is 1.68. The van der Waals surface area contributed by atoms with Crippen LogP contribution in [-0.2, 0) is 16.6 Å². The first-order valence-corrected chi connectivity index (χ1v) is 11.0. The van der Waals surface area contributed by atoms with Crippen molar-refractivity contribution in [2.45, 2.75) is 17.5 Å². The van der Waals surface area contributed by atoms with Crippen molar-refractivity contribution >= 4 is 48.6 Å². The zero-order chi connectivity index (χ0) is 17.2. The maximum atomic E-state index is 12.3. The van der Waals surface area contributed by atoms with Gasteiger partial charge in [0.05, 0.1) is 4.90 Å². The van der Waals surface area contributed by atoms with Crippen LogP contribution in [0, 0.1) is 0 Å². The Morgan fingerprint density at radius 3 is 2.50 bits per heavy atom. The molecule has 0 spiro atoms. The molecule has 1 unspecified atom stereocenters. The van der Waals surface area contributed by atoms with E-state index >= 15 is 0 Å². The topological polar surface area (TPSA) is 66.4 Å². The Bertz CT molecular complexity index is 902. The number of halogens is 1. The minimum Gasteiger partial charge on any atom is -0.382 e. The monoisotopic (exact) mass is 443 g/mol. The standard InChI is InChI=1S/C16H14BrNO3S3/c17-11-3-6-13(7-4-11)24(20,21)18-10-12-5-8-15(23-12)16(19)14-2-1-9-22-14/h1-9,16,18-19H,10H2. The van der Waals surface area contributed by atoms with Crippen molar-refractivity contribution in [3.63, 3.8) is 0 Å². The number of hydrogen-bond acceptors (Lipinski definition) is 5. The molecule has 24 heavy (non-hydrogen) atoms. The maximum Gasteiger partial charge on any atom is 0.240 e. The summed E-state index contributed by atoms with van der Waals surface area (Å²) in [6, 6.07) is 13.9. The average Bonchev–Trinajstić information content (AvgIpc) is 3.25. The Morgan fingerprint density at radius 1 is 1.08 bits per heavy atom. The number of benzene rings is 1. The summed E-state index contributed by atoms with van der Waals surface area (Å²) in [4.78, 5) is 2.75. The van der Waals surface area contributed by atoms with Crippen molar-refractivity contribution in [1.82, 2.24) is 4.72 Å². The molecule has 3 aromatic rings. The van der Waals surface area contributed by atoms with Gasteiger partial charge in [0.15, 0.2) is 0 Å². The Kier molecular flexibility index (Phi) is 5.53. The summed E-state index contributed by atoms with van der Waals surface area (Å²) in [5.41, 5.74) is 0. The minimum absolute atomic E-state index is 0.195. The van der Waals surface area contributed by atoms with Crippen LogP contribution in [0.2, 0.25) is 0 Å². The van der Waals surface area contributed by atoms with Crippen LogP contribution in [0.4, 0.5) is 0 Å². The van der Waals surface area contributed by atoms with E-state index in [1.807, 2.05) is 29.6 Å². The third kappa shape index (κ3) is 4.14. The summed E-state index contributed by atoms with van der Waals surface area (Å²) in [7, 11) is -3.55. The van der Waals surface area contributed by atoms with Gasteiger partial charge in [0.25, 0.3) is 0 Å². The quantitative estimate of drug-likeness (QED) is 0.601. The lowest BCUT2D eigenvalue weighted by atomic mass is 10.2. The number of aliphatic hydroxyl groups is 1. The van der Waals surface area contributed by atoms with Crippen LogP contribution in [0.25, 0.3) is 0 Å². The summed E-state index contributed by atoms with van der Waals surface area (Å²) in [5, 5.41) is 12.2. The van der Waals surface area contributed by atoms with E-state index in [0.717, 1.165) is 19.1 Å². The van der Waals surface area contributed by atoms with Gasteiger partial charge in [-0.05, 0) is 47.8 Å². The Labute approximate surface area is 157 Å². The van der Waals surface area contributed by atoms with E-state index < -0.39 is 16.1 Å². The number of hydrogen-bond donors (Lipinski definition) is 2. The second-order valence-electron chi connectivity index (χ2n) is 5.00. The van der Waals surface area contributed by atoms with Crippen LogP contribution in [-0.4, -0.2) is 13.5 Å². The molecule has 2 aromatic heterocycles. The van der Waals surface area contributed by atoms with Gasteiger partial charge >= 0.3 is 0 Å². The predicted molar refractivity (Wildman–Crippen MR) is 101 cm³/mol. The SMILES string of the molecule is O=S(=O)(NCc1ccc(C(O)c2cccs2)s1)c1ccc(Br)cc1. The van der Waals surface area contributed by atoms with Crippen molar-refractivity contribution in [1.29, 1.82) is 0 Å². The number of sulfonamides is 1. The summed E-state index contributed by atoms with van der Waals surface area (Å²) >= 11 is 6.18. The van der Waals surface area contributed by atoms with Gasteiger partial charge in [-0.15, -0.1) is 22.7 Å². The molecule has 0 amide bonds. The van der Waals surface area contributed by atoms with Gasteiger partial charge < -0.3 is 5.11 Å². The molecule has 0 aliphatic rings. The molecule has 2 N–H and O–H groups in total. The van der Waals surface area contributed by atoms with E-state index in [0.29, 0.717) is 0 Å².